The lowest BCUT2D eigenvalue weighted by Gasteiger charge is -2.34. The third-order valence-electron chi connectivity index (χ3n) is 3.26. The molecule has 1 atom stereocenters. The van der Waals surface area contributed by atoms with Gasteiger partial charge in [0.05, 0.1) is 5.92 Å². The average Bonchev–Trinajstić information content (AvgIpc) is 2.85. The maximum absolute atomic E-state index is 12.7. The molecule has 0 aromatic carbocycles. The lowest BCUT2D eigenvalue weighted by Crippen LogP contribution is -2.42. The molecule has 102 valence electrons. The Morgan fingerprint density at radius 3 is 2.89 bits per heavy atom. The molecule has 2 aromatic rings. The number of hydrogen-bond acceptors (Lipinski definition) is 5. The van der Waals surface area contributed by atoms with Gasteiger partial charge in [-0.2, -0.15) is 13.2 Å². The SMILES string of the molecule is FC(F)(F)C1CCCN(c2ccc3nnnn3n2)C1. The molecule has 1 aliphatic heterocycles. The minimum Gasteiger partial charge on any atom is -0.355 e. The van der Waals surface area contributed by atoms with Crippen molar-refractivity contribution in [3.8, 4) is 0 Å². The van der Waals surface area contributed by atoms with Crippen LogP contribution in [0.2, 0.25) is 0 Å². The van der Waals surface area contributed by atoms with E-state index in [2.05, 4.69) is 20.6 Å². The number of anilines is 1. The lowest BCUT2D eigenvalue weighted by atomic mass is 9.97. The molecule has 0 aliphatic carbocycles. The second-order valence-electron chi connectivity index (χ2n) is 4.54. The summed E-state index contributed by atoms with van der Waals surface area (Å²) >= 11 is 0. The summed E-state index contributed by atoms with van der Waals surface area (Å²) in [4.78, 5) is 1.63. The van der Waals surface area contributed by atoms with Crippen LogP contribution < -0.4 is 4.90 Å². The molecule has 1 fully saturated rings. The molecule has 19 heavy (non-hydrogen) atoms. The number of aromatic nitrogens is 5. The lowest BCUT2D eigenvalue weighted by molar-refractivity contribution is -0.176. The number of halogens is 3. The van der Waals surface area contributed by atoms with Crippen molar-refractivity contribution >= 4 is 11.5 Å². The van der Waals surface area contributed by atoms with Gasteiger partial charge < -0.3 is 4.90 Å². The second kappa shape index (κ2) is 4.32. The number of hydrogen-bond donors (Lipinski definition) is 0. The molecule has 9 heteroatoms. The molecule has 0 spiro atoms. The Labute approximate surface area is 106 Å². The van der Waals surface area contributed by atoms with Gasteiger partial charge in [0.15, 0.2) is 11.5 Å². The van der Waals surface area contributed by atoms with Crippen molar-refractivity contribution in [2.45, 2.75) is 19.0 Å². The number of nitrogens with zero attached hydrogens (tertiary/aromatic N) is 6. The van der Waals surface area contributed by atoms with E-state index in [-0.39, 0.29) is 13.0 Å². The summed E-state index contributed by atoms with van der Waals surface area (Å²) in [5.41, 5.74) is 0.466. The van der Waals surface area contributed by atoms with Crippen molar-refractivity contribution in [2.24, 2.45) is 5.92 Å². The van der Waals surface area contributed by atoms with E-state index in [1.54, 1.807) is 17.0 Å². The summed E-state index contributed by atoms with van der Waals surface area (Å²) in [6.45, 7) is 0.497. The summed E-state index contributed by atoms with van der Waals surface area (Å²) in [7, 11) is 0. The number of alkyl halides is 3. The smallest absolute Gasteiger partial charge is 0.355 e. The Balaban J connectivity index is 1.84. The molecule has 0 radical (unpaired) electrons. The minimum absolute atomic E-state index is 0.0653. The molecular weight excluding hydrogens is 261 g/mol. The Morgan fingerprint density at radius 1 is 1.26 bits per heavy atom. The van der Waals surface area contributed by atoms with E-state index in [0.717, 1.165) is 0 Å². The van der Waals surface area contributed by atoms with E-state index >= 15 is 0 Å². The van der Waals surface area contributed by atoms with Crippen molar-refractivity contribution in [2.75, 3.05) is 18.0 Å². The van der Waals surface area contributed by atoms with E-state index in [1.165, 1.54) is 4.63 Å². The van der Waals surface area contributed by atoms with Crippen LogP contribution in [0.25, 0.3) is 5.65 Å². The molecule has 1 aliphatic rings. The number of piperidine rings is 1. The molecular formula is C10H11F3N6. The molecule has 1 saturated heterocycles. The molecule has 3 rings (SSSR count). The van der Waals surface area contributed by atoms with Gasteiger partial charge in [-0.3, -0.25) is 0 Å². The van der Waals surface area contributed by atoms with Crippen LogP contribution in [0.3, 0.4) is 0 Å². The first-order valence-electron chi connectivity index (χ1n) is 5.91. The summed E-state index contributed by atoms with van der Waals surface area (Å²) in [5, 5.41) is 14.9. The van der Waals surface area contributed by atoms with Crippen LogP contribution in [0.5, 0.6) is 0 Å². The number of tetrazole rings is 1. The van der Waals surface area contributed by atoms with E-state index in [1.807, 2.05) is 0 Å². The van der Waals surface area contributed by atoms with Crippen LogP contribution in [-0.2, 0) is 0 Å². The van der Waals surface area contributed by atoms with E-state index in [4.69, 9.17) is 0 Å². The minimum atomic E-state index is -4.16. The first-order chi connectivity index (χ1) is 9.04. The molecule has 0 bridgehead atoms. The predicted octanol–water partition coefficient (Wildman–Crippen LogP) is 1.30. The molecule has 0 saturated carbocycles. The highest BCUT2D eigenvalue weighted by Crippen LogP contribution is 2.34. The zero-order chi connectivity index (χ0) is 13.5. The Kier molecular flexibility index (Phi) is 2.76. The van der Waals surface area contributed by atoms with Gasteiger partial charge in [0.25, 0.3) is 0 Å². The van der Waals surface area contributed by atoms with Crippen LogP contribution in [-0.4, -0.2) is 44.5 Å². The van der Waals surface area contributed by atoms with E-state index in [9.17, 15) is 13.2 Å². The van der Waals surface area contributed by atoms with Gasteiger partial charge in [-0.1, -0.05) is 0 Å². The van der Waals surface area contributed by atoms with Crippen molar-refractivity contribution in [1.82, 2.24) is 25.3 Å². The Bertz CT molecular complexity index is 580. The number of fused-ring (bicyclic) bond motifs is 1. The molecule has 2 aromatic heterocycles. The molecule has 0 amide bonds. The molecule has 6 nitrogen and oxygen atoms in total. The highest BCUT2D eigenvalue weighted by atomic mass is 19.4. The summed E-state index contributed by atoms with van der Waals surface area (Å²) < 4.78 is 39.5. The van der Waals surface area contributed by atoms with Crippen LogP contribution in [0.4, 0.5) is 19.0 Å². The fourth-order valence-corrected chi connectivity index (χ4v) is 2.26. The summed E-state index contributed by atoms with van der Waals surface area (Å²) in [6, 6.07) is 3.28. The zero-order valence-electron chi connectivity index (χ0n) is 9.88. The second-order valence-corrected chi connectivity index (χ2v) is 4.54. The van der Waals surface area contributed by atoms with Gasteiger partial charge in [0, 0.05) is 13.1 Å². The quantitative estimate of drug-likeness (QED) is 0.783. The number of rotatable bonds is 1. The van der Waals surface area contributed by atoms with Gasteiger partial charge in [-0.25, -0.2) is 0 Å². The fraction of sp³-hybridized carbons (Fsp3) is 0.600. The van der Waals surface area contributed by atoms with Gasteiger partial charge in [0.1, 0.15) is 0 Å². The van der Waals surface area contributed by atoms with Crippen molar-refractivity contribution in [3.63, 3.8) is 0 Å². The predicted molar refractivity (Wildman–Crippen MR) is 59.6 cm³/mol. The van der Waals surface area contributed by atoms with Gasteiger partial charge >= 0.3 is 6.18 Å². The maximum Gasteiger partial charge on any atom is 0.393 e. The standard InChI is InChI=1S/C10H11F3N6/c11-10(12,13)7-2-1-5-18(6-7)9-4-3-8-14-16-17-19(8)15-9/h3-4,7H,1-2,5-6H2. The van der Waals surface area contributed by atoms with Gasteiger partial charge in [0.2, 0.25) is 0 Å². The Hall–Kier alpha value is -1.93. The monoisotopic (exact) mass is 272 g/mol. The largest absolute Gasteiger partial charge is 0.393 e. The zero-order valence-corrected chi connectivity index (χ0v) is 9.88. The first-order valence-corrected chi connectivity index (χ1v) is 5.91. The summed E-state index contributed by atoms with van der Waals surface area (Å²) in [5.74, 6) is -0.832. The van der Waals surface area contributed by atoms with Crippen LogP contribution in [0.1, 0.15) is 12.8 Å². The van der Waals surface area contributed by atoms with Crippen LogP contribution in [0.15, 0.2) is 12.1 Å². The summed E-state index contributed by atoms with van der Waals surface area (Å²) in [6.07, 6.45) is -3.48. The Morgan fingerprint density at radius 2 is 2.11 bits per heavy atom. The van der Waals surface area contributed by atoms with Crippen molar-refractivity contribution in [1.29, 1.82) is 0 Å². The topological polar surface area (TPSA) is 59.2 Å². The molecule has 3 heterocycles. The maximum atomic E-state index is 12.7. The van der Waals surface area contributed by atoms with E-state index in [0.29, 0.717) is 24.4 Å². The van der Waals surface area contributed by atoms with Gasteiger partial charge in [-0.15, -0.1) is 14.8 Å². The normalized spacial score (nSPS) is 21.0. The average molecular weight is 272 g/mol. The van der Waals surface area contributed by atoms with Crippen LogP contribution in [0, 0.1) is 5.92 Å². The molecule has 1 unspecified atom stereocenters. The highest BCUT2D eigenvalue weighted by molar-refractivity contribution is 5.44. The first kappa shape index (κ1) is 12.1. The van der Waals surface area contributed by atoms with Crippen molar-refractivity contribution < 1.29 is 13.2 Å². The third-order valence-corrected chi connectivity index (χ3v) is 3.26. The molecule has 0 N–H and O–H groups in total. The highest BCUT2D eigenvalue weighted by Gasteiger charge is 2.42. The van der Waals surface area contributed by atoms with Gasteiger partial charge in [-0.05, 0) is 35.4 Å². The van der Waals surface area contributed by atoms with Crippen molar-refractivity contribution in [3.05, 3.63) is 12.1 Å². The third kappa shape index (κ3) is 2.32. The fourth-order valence-electron chi connectivity index (χ4n) is 2.26. The van der Waals surface area contributed by atoms with E-state index < -0.39 is 12.1 Å². The van der Waals surface area contributed by atoms with Crippen LogP contribution >= 0.6 is 0 Å².